The molecule has 1 unspecified atom stereocenters. The lowest BCUT2D eigenvalue weighted by molar-refractivity contribution is -0.123. The summed E-state index contributed by atoms with van der Waals surface area (Å²) in [5.74, 6) is 0.0531. The van der Waals surface area contributed by atoms with Gasteiger partial charge >= 0.3 is 0 Å². The molecule has 0 aliphatic carbocycles. The van der Waals surface area contributed by atoms with E-state index in [0.29, 0.717) is 6.54 Å². The van der Waals surface area contributed by atoms with Crippen LogP contribution >= 0.6 is 0 Å². The minimum atomic E-state index is -0.0299. The van der Waals surface area contributed by atoms with Gasteiger partial charge in [0, 0.05) is 32.9 Å². The molecule has 0 bridgehead atoms. The number of benzene rings is 1. The van der Waals surface area contributed by atoms with Crippen LogP contribution in [0, 0.1) is 12.8 Å². The number of aryl methyl sites for hydroxylation is 1. The van der Waals surface area contributed by atoms with Crippen molar-refractivity contribution in [1.82, 2.24) is 10.6 Å². The average molecular weight is 291 g/mol. The third kappa shape index (κ3) is 5.38. The maximum Gasteiger partial charge on any atom is 0.224 e. The van der Waals surface area contributed by atoms with Gasteiger partial charge in [-0.15, -0.1) is 0 Å². The second-order valence-electron chi connectivity index (χ2n) is 5.70. The monoisotopic (exact) mass is 291 g/mol. The van der Waals surface area contributed by atoms with Crippen LogP contribution in [-0.4, -0.2) is 33.1 Å². The molecule has 1 aromatic rings. The third-order valence-electron chi connectivity index (χ3n) is 3.63. The highest BCUT2D eigenvalue weighted by atomic mass is 16.1. The molecule has 0 radical (unpaired) electrons. The number of anilines is 1. The number of hydrogen-bond donors (Lipinski definition) is 2. The van der Waals surface area contributed by atoms with Crippen LogP contribution in [0.5, 0.6) is 0 Å². The molecule has 0 saturated heterocycles. The summed E-state index contributed by atoms with van der Waals surface area (Å²) >= 11 is 0. The fraction of sp³-hybridized carbons (Fsp3) is 0.588. The van der Waals surface area contributed by atoms with Gasteiger partial charge in [0.1, 0.15) is 0 Å². The molecule has 4 nitrogen and oxygen atoms in total. The summed E-state index contributed by atoms with van der Waals surface area (Å²) in [5.41, 5.74) is 3.75. The second-order valence-corrected chi connectivity index (χ2v) is 5.70. The van der Waals surface area contributed by atoms with E-state index in [2.05, 4.69) is 47.6 Å². The van der Waals surface area contributed by atoms with Crippen molar-refractivity contribution in [2.45, 2.75) is 33.7 Å². The number of carbonyl (C=O) groups is 1. The molecule has 1 amide bonds. The molecule has 0 fully saturated rings. The Bertz CT molecular complexity index is 459. The highest BCUT2D eigenvalue weighted by molar-refractivity contribution is 5.78. The Balaban J connectivity index is 2.82. The summed E-state index contributed by atoms with van der Waals surface area (Å²) in [6, 6.07) is 6.49. The van der Waals surface area contributed by atoms with E-state index in [1.165, 1.54) is 16.8 Å². The lowest BCUT2D eigenvalue weighted by Crippen LogP contribution is -2.35. The molecule has 118 valence electrons. The molecule has 0 saturated carbocycles. The zero-order valence-corrected chi connectivity index (χ0v) is 14.0. The standard InChI is InChI=1S/C17H29N3O/c1-6-9-19-11-15-10-13(2)7-8-16(15)20(5)12-14(3)17(21)18-4/h7-8,10,14,19H,6,9,11-12H2,1-5H3,(H,18,21). The summed E-state index contributed by atoms with van der Waals surface area (Å²) in [5, 5.41) is 6.16. The third-order valence-corrected chi connectivity index (χ3v) is 3.63. The van der Waals surface area contributed by atoms with Crippen molar-refractivity contribution in [3.8, 4) is 0 Å². The molecular formula is C17H29N3O. The van der Waals surface area contributed by atoms with Gasteiger partial charge in [-0.1, -0.05) is 31.5 Å². The number of hydrogen-bond acceptors (Lipinski definition) is 3. The number of rotatable bonds is 8. The molecule has 0 aliphatic heterocycles. The lowest BCUT2D eigenvalue weighted by Gasteiger charge is -2.25. The van der Waals surface area contributed by atoms with Crippen LogP contribution in [0.3, 0.4) is 0 Å². The summed E-state index contributed by atoms with van der Waals surface area (Å²) in [6.07, 6.45) is 1.13. The summed E-state index contributed by atoms with van der Waals surface area (Å²) in [7, 11) is 3.73. The zero-order chi connectivity index (χ0) is 15.8. The molecule has 0 aliphatic rings. The Morgan fingerprint density at radius 3 is 2.71 bits per heavy atom. The molecule has 1 aromatic carbocycles. The van der Waals surface area contributed by atoms with E-state index in [-0.39, 0.29) is 11.8 Å². The Morgan fingerprint density at radius 1 is 1.38 bits per heavy atom. The van der Waals surface area contributed by atoms with Gasteiger partial charge in [0.15, 0.2) is 0 Å². The van der Waals surface area contributed by atoms with Crippen molar-refractivity contribution in [2.24, 2.45) is 5.92 Å². The highest BCUT2D eigenvalue weighted by Crippen LogP contribution is 2.22. The second kappa shape index (κ2) is 8.67. The summed E-state index contributed by atoms with van der Waals surface area (Å²) in [6.45, 7) is 8.83. The number of amides is 1. The van der Waals surface area contributed by atoms with Crippen LogP contribution in [0.15, 0.2) is 18.2 Å². The van der Waals surface area contributed by atoms with Crippen molar-refractivity contribution in [1.29, 1.82) is 0 Å². The molecule has 0 spiro atoms. The van der Waals surface area contributed by atoms with Crippen molar-refractivity contribution in [2.75, 3.05) is 32.1 Å². The molecule has 21 heavy (non-hydrogen) atoms. The van der Waals surface area contributed by atoms with Gasteiger partial charge in [0.25, 0.3) is 0 Å². The largest absolute Gasteiger partial charge is 0.374 e. The van der Waals surface area contributed by atoms with Crippen molar-refractivity contribution in [3.63, 3.8) is 0 Å². The molecule has 1 rings (SSSR count). The molecule has 0 heterocycles. The minimum Gasteiger partial charge on any atom is -0.374 e. The van der Waals surface area contributed by atoms with E-state index in [1.54, 1.807) is 7.05 Å². The Kier molecular flexibility index (Phi) is 7.23. The number of carbonyl (C=O) groups excluding carboxylic acids is 1. The highest BCUT2D eigenvalue weighted by Gasteiger charge is 2.15. The van der Waals surface area contributed by atoms with Gasteiger partial charge in [-0.25, -0.2) is 0 Å². The van der Waals surface area contributed by atoms with E-state index in [0.717, 1.165) is 19.5 Å². The first kappa shape index (κ1) is 17.5. The Labute approximate surface area is 128 Å². The van der Waals surface area contributed by atoms with Crippen LogP contribution in [0.2, 0.25) is 0 Å². The molecule has 4 heteroatoms. The van der Waals surface area contributed by atoms with E-state index in [4.69, 9.17) is 0 Å². The molecular weight excluding hydrogens is 262 g/mol. The van der Waals surface area contributed by atoms with Crippen LogP contribution in [0.25, 0.3) is 0 Å². The molecule has 0 aromatic heterocycles. The quantitative estimate of drug-likeness (QED) is 0.723. The SMILES string of the molecule is CCCNCc1cc(C)ccc1N(C)CC(C)C(=O)NC. The van der Waals surface area contributed by atoms with Crippen LogP contribution < -0.4 is 15.5 Å². The number of nitrogens with one attached hydrogen (secondary N) is 2. The van der Waals surface area contributed by atoms with Gasteiger partial charge in [-0.2, -0.15) is 0 Å². The normalized spacial score (nSPS) is 12.0. The first-order chi connectivity index (χ1) is 9.99. The van der Waals surface area contributed by atoms with Gasteiger partial charge in [0.2, 0.25) is 5.91 Å². The van der Waals surface area contributed by atoms with Crippen LogP contribution in [0.1, 0.15) is 31.4 Å². The summed E-state index contributed by atoms with van der Waals surface area (Å²) in [4.78, 5) is 13.8. The Morgan fingerprint density at radius 2 is 2.10 bits per heavy atom. The Hall–Kier alpha value is -1.55. The predicted octanol–water partition coefficient (Wildman–Crippen LogP) is 2.31. The first-order valence-electron chi connectivity index (χ1n) is 7.72. The fourth-order valence-electron chi connectivity index (χ4n) is 2.47. The van der Waals surface area contributed by atoms with Gasteiger partial charge in [-0.05, 0) is 31.5 Å². The van der Waals surface area contributed by atoms with Gasteiger partial charge in [-0.3, -0.25) is 4.79 Å². The van der Waals surface area contributed by atoms with E-state index in [9.17, 15) is 4.79 Å². The predicted molar refractivity (Wildman–Crippen MR) is 89.7 cm³/mol. The van der Waals surface area contributed by atoms with E-state index in [1.807, 2.05) is 14.0 Å². The van der Waals surface area contributed by atoms with Gasteiger partial charge < -0.3 is 15.5 Å². The maximum absolute atomic E-state index is 11.7. The average Bonchev–Trinajstić information content (AvgIpc) is 2.46. The maximum atomic E-state index is 11.7. The first-order valence-corrected chi connectivity index (χ1v) is 7.72. The smallest absolute Gasteiger partial charge is 0.224 e. The lowest BCUT2D eigenvalue weighted by atomic mass is 10.1. The minimum absolute atomic E-state index is 0.0299. The van der Waals surface area contributed by atoms with Crippen LogP contribution in [0.4, 0.5) is 5.69 Å². The molecule has 2 N–H and O–H groups in total. The van der Waals surface area contributed by atoms with Gasteiger partial charge in [0.05, 0.1) is 5.92 Å². The van der Waals surface area contributed by atoms with Crippen molar-refractivity contribution < 1.29 is 4.79 Å². The fourth-order valence-corrected chi connectivity index (χ4v) is 2.47. The van der Waals surface area contributed by atoms with Crippen molar-refractivity contribution in [3.05, 3.63) is 29.3 Å². The topological polar surface area (TPSA) is 44.4 Å². The van der Waals surface area contributed by atoms with E-state index < -0.39 is 0 Å². The van der Waals surface area contributed by atoms with Crippen molar-refractivity contribution >= 4 is 11.6 Å². The zero-order valence-electron chi connectivity index (χ0n) is 14.0. The van der Waals surface area contributed by atoms with Crippen LogP contribution in [-0.2, 0) is 11.3 Å². The molecule has 1 atom stereocenters. The number of nitrogens with zero attached hydrogens (tertiary/aromatic N) is 1. The van der Waals surface area contributed by atoms with E-state index >= 15 is 0 Å². The summed E-state index contributed by atoms with van der Waals surface area (Å²) < 4.78 is 0.